The fourth-order valence-corrected chi connectivity index (χ4v) is 3.92. The van der Waals surface area contributed by atoms with Gasteiger partial charge in [0.05, 0.1) is 38.1 Å². The van der Waals surface area contributed by atoms with Crippen molar-refractivity contribution in [1.82, 2.24) is 0 Å². The molecule has 3 atom stereocenters. The highest BCUT2D eigenvalue weighted by atomic mass is 16.7. The lowest BCUT2D eigenvalue weighted by Crippen LogP contribution is -2.38. The maximum atomic E-state index is 13.4. The molecule has 0 unspecified atom stereocenters. The lowest BCUT2D eigenvalue weighted by atomic mass is 9.81. The molecular weight excluding hydrogens is 456 g/mol. The van der Waals surface area contributed by atoms with Gasteiger partial charge >= 0.3 is 5.97 Å². The minimum Gasteiger partial charge on any atom is -0.464 e. The Morgan fingerprint density at radius 3 is 2.69 bits per heavy atom. The van der Waals surface area contributed by atoms with Gasteiger partial charge in [-0.05, 0) is 31.6 Å². The Labute approximate surface area is 203 Å². The maximum absolute atomic E-state index is 13.4. The summed E-state index contributed by atoms with van der Waals surface area (Å²) in [7, 11) is 0. The summed E-state index contributed by atoms with van der Waals surface area (Å²) in [6.07, 6.45) is 4.16. The summed E-state index contributed by atoms with van der Waals surface area (Å²) in [6, 6.07) is 7.00. The van der Waals surface area contributed by atoms with Crippen molar-refractivity contribution in [3.05, 3.63) is 70.8 Å². The molecule has 0 amide bonds. The molecule has 190 valence electrons. The second-order valence-electron chi connectivity index (χ2n) is 7.80. The Hall–Kier alpha value is -2.98. The monoisotopic (exact) mass is 488 g/mol. The van der Waals surface area contributed by atoms with E-state index in [1.54, 1.807) is 30.3 Å². The summed E-state index contributed by atoms with van der Waals surface area (Å²) in [6.45, 7) is 7.00. The fourth-order valence-electron chi connectivity index (χ4n) is 3.92. The number of carbonyl (C=O) groups excluding carboxylic acids is 1. The molecule has 0 bridgehead atoms. The second kappa shape index (κ2) is 13.8. The summed E-state index contributed by atoms with van der Waals surface area (Å²) in [5.41, 5.74) is 0.682. The van der Waals surface area contributed by atoms with Crippen LogP contribution in [0.3, 0.4) is 0 Å². The zero-order chi connectivity index (χ0) is 25.0. The first-order valence-electron chi connectivity index (χ1n) is 11.7. The number of hydrogen-bond donors (Lipinski definition) is 1. The molecule has 9 heteroatoms. The third-order valence-electron chi connectivity index (χ3n) is 5.52. The van der Waals surface area contributed by atoms with Crippen molar-refractivity contribution in [2.45, 2.75) is 25.6 Å². The van der Waals surface area contributed by atoms with E-state index in [4.69, 9.17) is 33.2 Å². The van der Waals surface area contributed by atoms with Crippen LogP contribution in [-0.4, -0.2) is 63.6 Å². The average Bonchev–Trinajstić information content (AvgIpc) is 2.87. The van der Waals surface area contributed by atoms with Gasteiger partial charge in [-0.25, -0.2) is 4.79 Å². The molecule has 0 fully saturated rings. The van der Waals surface area contributed by atoms with Crippen molar-refractivity contribution in [3.63, 3.8) is 0 Å². The molecule has 35 heavy (non-hydrogen) atoms. The Bertz CT molecular complexity index is 1060. The van der Waals surface area contributed by atoms with Crippen molar-refractivity contribution in [1.29, 1.82) is 0 Å². The highest BCUT2D eigenvalue weighted by molar-refractivity contribution is 5.86. The van der Waals surface area contributed by atoms with Crippen LogP contribution in [-0.2, 0) is 28.5 Å². The maximum Gasteiger partial charge on any atom is 0.373 e. The highest BCUT2D eigenvalue weighted by Crippen LogP contribution is 2.38. The summed E-state index contributed by atoms with van der Waals surface area (Å²) >= 11 is 0. The van der Waals surface area contributed by atoms with Crippen molar-refractivity contribution in [3.8, 4) is 0 Å². The molecule has 0 saturated heterocycles. The van der Waals surface area contributed by atoms with Crippen LogP contribution in [0.1, 0.15) is 24.8 Å². The van der Waals surface area contributed by atoms with E-state index >= 15 is 0 Å². The van der Waals surface area contributed by atoms with E-state index in [0.717, 1.165) is 0 Å². The third-order valence-corrected chi connectivity index (χ3v) is 5.52. The van der Waals surface area contributed by atoms with Gasteiger partial charge in [-0.2, -0.15) is 0 Å². The topological polar surface area (TPSA) is 114 Å². The van der Waals surface area contributed by atoms with Gasteiger partial charge in [0, 0.05) is 30.6 Å². The predicted octanol–water partition coefficient (Wildman–Crippen LogP) is 2.91. The summed E-state index contributed by atoms with van der Waals surface area (Å²) in [5, 5.41) is 9.23. The van der Waals surface area contributed by atoms with Gasteiger partial charge in [-0.3, -0.25) is 4.79 Å². The van der Waals surface area contributed by atoms with Crippen molar-refractivity contribution >= 4 is 16.9 Å². The standard InChI is InChI=1S/C26H32O9/c1-3-11-33-25(29)23-16-20(21-17-34-22-8-6-5-7-19(22)24(21)28)18(26(35-23)32-4-2)9-12-30-14-15-31-13-10-27/h3,5-8,16-18,20,26-27H,1,4,9-15H2,2H3/t18-,20-,26+/m0/s1. The van der Waals surface area contributed by atoms with Gasteiger partial charge in [0.2, 0.25) is 12.0 Å². The van der Waals surface area contributed by atoms with Crippen LogP contribution >= 0.6 is 0 Å². The molecule has 1 aliphatic rings. The van der Waals surface area contributed by atoms with Crippen molar-refractivity contribution in [2.24, 2.45) is 5.92 Å². The van der Waals surface area contributed by atoms with Crippen LogP contribution in [0.5, 0.6) is 0 Å². The molecular formula is C26H32O9. The van der Waals surface area contributed by atoms with E-state index in [0.29, 0.717) is 49.4 Å². The van der Waals surface area contributed by atoms with Gasteiger partial charge in [0.1, 0.15) is 12.2 Å². The zero-order valence-electron chi connectivity index (χ0n) is 19.9. The molecule has 2 aromatic rings. The molecule has 1 N–H and O–H groups in total. The van der Waals surface area contributed by atoms with Crippen LogP contribution in [0.25, 0.3) is 11.0 Å². The number of carbonyl (C=O) groups is 1. The van der Waals surface area contributed by atoms with E-state index < -0.39 is 18.2 Å². The third kappa shape index (κ3) is 7.02. The summed E-state index contributed by atoms with van der Waals surface area (Å²) in [5.74, 6) is -1.58. The number of fused-ring (bicyclic) bond motifs is 1. The van der Waals surface area contributed by atoms with Gasteiger partial charge < -0.3 is 33.2 Å². The number of benzene rings is 1. The SMILES string of the molecule is C=CCOC(=O)C1=C[C@H](c2coc3ccccc3c2=O)[C@H](CCOCCOCCO)[C@H](OCC)O1. The van der Waals surface area contributed by atoms with E-state index in [1.165, 1.54) is 12.3 Å². The number of esters is 1. The first kappa shape index (κ1) is 26.6. The largest absolute Gasteiger partial charge is 0.464 e. The van der Waals surface area contributed by atoms with Gasteiger partial charge in [-0.15, -0.1) is 0 Å². The average molecular weight is 489 g/mol. The number of allylic oxidation sites excluding steroid dienone is 1. The molecule has 9 nitrogen and oxygen atoms in total. The first-order chi connectivity index (χ1) is 17.1. The van der Waals surface area contributed by atoms with E-state index in [-0.39, 0.29) is 36.9 Å². The molecule has 0 saturated carbocycles. The van der Waals surface area contributed by atoms with E-state index in [9.17, 15) is 9.59 Å². The second-order valence-corrected chi connectivity index (χ2v) is 7.80. The van der Waals surface area contributed by atoms with Gasteiger partial charge in [0.25, 0.3) is 0 Å². The Morgan fingerprint density at radius 2 is 1.94 bits per heavy atom. The number of hydrogen-bond acceptors (Lipinski definition) is 9. The molecule has 1 aromatic heterocycles. The Kier molecular flexibility index (Phi) is 10.5. The fraction of sp³-hybridized carbons (Fsp3) is 0.462. The van der Waals surface area contributed by atoms with Gasteiger partial charge in [0.15, 0.2) is 5.43 Å². The lowest BCUT2D eigenvalue weighted by Gasteiger charge is -2.36. The lowest BCUT2D eigenvalue weighted by molar-refractivity contribution is -0.176. The minimum absolute atomic E-state index is 0.0250. The Balaban J connectivity index is 1.91. The van der Waals surface area contributed by atoms with E-state index in [2.05, 4.69) is 6.58 Å². The number of ether oxygens (including phenoxy) is 5. The van der Waals surface area contributed by atoms with Crippen molar-refractivity contribution in [2.75, 3.05) is 46.2 Å². The summed E-state index contributed by atoms with van der Waals surface area (Å²) < 4.78 is 33.5. The molecule has 1 aliphatic heterocycles. The number of aliphatic hydroxyl groups is 1. The minimum atomic E-state index is -0.804. The molecule has 1 aromatic carbocycles. The number of para-hydroxylation sites is 1. The van der Waals surface area contributed by atoms with Crippen LogP contribution in [0.2, 0.25) is 0 Å². The van der Waals surface area contributed by atoms with Crippen LogP contribution in [0.4, 0.5) is 0 Å². The van der Waals surface area contributed by atoms with E-state index in [1.807, 2.05) is 6.92 Å². The molecule has 0 spiro atoms. The van der Waals surface area contributed by atoms with Gasteiger partial charge in [-0.1, -0.05) is 24.8 Å². The number of rotatable bonds is 14. The normalized spacial score (nSPS) is 19.7. The zero-order valence-corrected chi connectivity index (χ0v) is 19.9. The summed E-state index contributed by atoms with van der Waals surface area (Å²) in [4.78, 5) is 26.0. The molecule has 3 rings (SSSR count). The predicted molar refractivity (Wildman–Crippen MR) is 128 cm³/mol. The highest BCUT2D eigenvalue weighted by Gasteiger charge is 2.39. The smallest absolute Gasteiger partial charge is 0.373 e. The van der Waals surface area contributed by atoms with Crippen LogP contribution in [0, 0.1) is 5.92 Å². The van der Waals surface area contributed by atoms with Crippen LogP contribution < -0.4 is 5.43 Å². The van der Waals surface area contributed by atoms with Crippen molar-refractivity contribution < 1.29 is 38.0 Å². The molecule has 0 aliphatic carbocycles. The molecule has 2 heterocycles. The quantitative estimate of drug-likeness (QED) is 0.244. The number of aliphatic hydroxyl groups excluding tert-OH is 1. The Morgan fingerprint density at radius 1 is 1.17 bits per heavy atom. The first-order valence-corrected chi connectivity index (χ1v) is 11.7. The van der Waals surface area contributed by atoms with Crippen LogP contribution in [0.15, 0.2) is 64.2 Å². The molecule has 0 radical (unpaired) electrons.